The van der Waals surface area contributed by atoms with Gasteiger partial charge in [0.1, 0.15) is 6.67 Å². The smallest absolute Gasteiger partial charge is 0.187 e. The number of nitrogens with zero attached hydrogens (tertiary/aromatic N) is 3. The maximum Gasteiger partial charge on any atom is 0.187 e. The van der Waals surface area contributed by atoms with E-state index in [0.717, 1.165) is 6.67 Å². The molecule has 1 aliphatic rings. The average molecular weight is 266 g/mol. The van der Waals surface area contributed by atoms with E-state index in [2.05, 4.69) is 4.99 Å². The van der Waals surface area contributed by atoms with Crippen LogP contribution in [-0.4, -0.2) is 47.4 Å². The van der Waals surface area contributed by atoms with E-state index in [1.54, 1.807) is 0 Å². The molecule has 82 valence electrons. The van der Waals surface area contributed by atoms with E-state index in [9.17, 15) is 0 Å². The molecule has 0 aromatic heterocycles. The number of β-amino-alcohol motifs (C(OH)–C–C–N with tert-alkyl or cyclic N) is 1. The summed E-state index contributed by atoms with van der Waals surface area (Å²) < 4.78 is 0. The van der Waals surface area contributed by atoms with Crippen LogP contribution in [0.25, 0.3) is 0 Å². The lowest BCUT2D eigenvalue weighted by molar-refractivity contribution is 0.207. The predicted octanol–water partition coefficient (Wildman–Crippen LogP) is -1.17. The van der Waals surface area contributed by atoms with Crippen molar-refractivity contribution in [1.29, 1.82) is 0 Å². The minimum atomic E-state index is 0. The summed E-state index contributed by atoms with van der Waals surface area (Å²) >= 11 is 0. The molecular formula is C7H16BrN5O. The molecule has 0 aliphatic carbocycles. The summed E-state index contributed by atoms with van der Waals surface area (Å²) in [4.78, 5) is 7.77. The molecule has 0 spiro atoms. The minimum absolute atomic E-state index is 0. The highest BCUT2D eigenvalue weighted by Gasteiger charge is 2.09. The summed E-state index contributed by atoms with van der Waals surface area (Å²) in [6, 6.07) is 0. The third kappa shape index (κ3) is 4.33. The molecule has 1 aliphatic heterocycles. The maximum atomic E-state index is 8.67. The van der Waals surface area contributed by atoms with Crippen molar-refractivity contribution in [3.05, 3.63) is 12.4 Å². The monoisotopic (exact) mass is 265 g/mol. The van der Waals surface area contributed by atoms with Gasteiger partial charge in [-0.1, -0.05) is 0 Å². The van der Waals surface area contributed by atoms with E-state index in [1.807, 2.05) is 22.2 Å². The van der Waals surface area contributed by atoms with Gasteiger partial charge in [0.05, 0.1) is 13.3 Å². The van der Waals surface area contributed by atoms with Crippen LogP contribution >= 0.6 is 17.0 Å². The van der Waals surface area contributed by atoms with Crippen molar-refractivity contribution in [2.24, 2.45) is 16.5 Å². The second kappa shape index (κ2) is 6.50. The number of aliphatic hydroxyl groups is 1. The Labute approximate surface area is 93.6 Å². The van der Waals surface area contributed by atoms with Gasteiger partial charge >= 0.3 is 0 Å². The zero-order chi connectivity index (χ0) is 9.68. The van der Waals surface area contributed by atoms with E-state index in [4.69, 9.17) is 16.6 Å². The molecular weight excluding hydrogens is 250 g/mol. The standard InChI is InChI=1S/C7H15N5O.BrH/c8-7(9)10-5-12-2-1-11(6-12)3-4-13;/h1-2,13H,3-6H2,(H4,8,9,10);1H. The van der Waals surface area contributed by atoms with Crippen molar-refractivity contribution < 1.29 is 5.11 Å². The molecule has 0 fully saturated rings. The van der Waals surface area contributed by atoms with Crippen molar-refractivity contribution in [3.8, 4) is 0 Å². The van der Waals surface area contributed by atoms with E-state index >= 15 is 0 Å². The summed E-state index contributed by atoms with van der Waals surface area (Å²) in [5.41, 5.74) is 10.4. The number of aliphatic imine (C=N–C) groups is 1. The Balaban J connectivity index is 0.00000169. The summed E-state index contributed by atoms with van der Waals surface area (Å²) in [5.74, 6) is 0.0917. The number of hydrogen-bond acceptors (Lipinski definition) is 4. The van der Waals surface area contributed by atoms with Gasteiger partial charge in [0.2, 0.25) is 0 Å². The molecule has 0 saturated heterocycles. The molecule has 1 rings (SSSR count). The van der Waals surface area contributed by atoms with Crippen LogP contribution in [0.3, 0.4) is 0 Å². The van der Waals surface area contributed by atoms with E-state index < -0.39 is 0 Å². The van der Waals surface area contributed by atoms with Gasteiger partial charge in [0.15, 0.2) is 5.96 Å². The predicted molar refractivity (Wildman–Crippen MR) is 60.6 cm³/mol. The Morgan fingerprint density at radius 2 is 2.00 bits per heavy atom. The first-order valence-corrected chi connectivity index (χ1v) is 4.05. The lowest BCUT2D eigenvalue weighted by atomic mass is 10.6. The highest BCUT2D eigenvalue weighted by Crippen LogP contribution is 2.04. The largest absolute Gasteiger partial charge is 0.395 e. The molecule has 0 unspecified atom stereocenters. The van der Waals surface area contributed by atoms with Gasteiger partial charge in [0, 0.05) is 18.9 Å². The van der Waals surface area contributed by atoms with Gasteiger partial charge in [-0.15, -0.1) is 17.0 Å². The Morgan fingerprint density at radius 1 is 1.36 bits per heavy atom. The van der Waals surface area contributed by atoms with Crippen molar-refractivity contribution in [2.75, 3.05) is 26.5 Å². The number of halogens is 1. The van der Waals surface area contributed by atoms with Crippen LogP contribution in [0.1, 0.15) is 0 Å². The van der Waals surface area contributed by atoms with Crippen LogP contribution < -0.4 is 11.5 Å². The van der Waals surface area contributed by atoms with E-state index in [-0.39, 0.29) is 29.5 Å². The molecule has 0 aromatic carbocycles. The maximum absolute atomic E-state index is 8.67. The first-order chi connectivity index (χ1) is 6.22. The molecule has 7 heteroatoms. The van der Waals surface area contributed by atoms with E-state index in [0.29, 0.717) is 13.2 Å². The quantitative estimate of drug-likeness (QED) is 0.441. The van der Waals surface area contributed by atoms with Gasteiger partial charge in [-0.25, -0.2) is 4.99 Å². The highest BCUT2D eigenvalue weighted by molar-refractivity contribution is 8.93. The first-order valence-electron chi connectivity index (χ1n) is 4.05. The van der Waals surface area contributed by atoms with Gasteiger partial charge in [-0.3, -0.25) is 0 Å². The van der Waals surface area contributed by atoms with Crippen LogP contribution in [0, 0.1) is 0 Å². The Bertz CT molecular complexity index is 216. The molecule has 5 N–H and O–H groups in total. The van der Waals surface area contributed by atoms with Gasteiger partial charge < -0.3 is 26.4 Å². The molecule has 0 amide bonds. The fourth-order valence-corrected chi connectivity index (χ4v) is 1.05. The molecule has 0 radical (unpaired) electrons. The fraction of sp³-hybridized carbons (Fsp3) is 0.571. The highest BCUT2D eigenvalue weighted by atomic mass is 79.9. The normalized spacial score (nSPS) is 14.1. The number of rotatable bonds is 4. The van der Waals surface area contributed by atoms with Gasteiger partial charge in [0.25, 0.3) is 0 Å². The second-order valence-electron chi connectivity index (χ2n) is 2.79. The number of hydrogen-bond donors (Lipinski definition) is 3. The van der Waals surface area contributed by atoms with Crippen LogP contribution in [-0.2, 0) is 0 Å². The lowest BCUT2D eigenvalue weighted by Gasteiger charge is -2.18. The van der Waals surface area contributed by atoms with Crippen molar-refractivity contribution in [2.45, 2.75) is 0 Å². The van der Waals surface area contributed by atoms with Gasteiger partial charge in [-0.05, 0) is 0 Å². The molecule has 0 aromatic rings. The third-order valence-corrected chi connectivity index (χ3v) is 1.67. The Kier molecular flexibility index (Phi) is 6.06. The van der Waals surface area contributed by atoms with Gasteiger partial charge in [-0.2, -0.15) is 0 Å². The average Bonchev–Trinajstić information content (AvgIpc) is 2.50. The summed E-state index contributed by atoms with van der Waals surface area (Å²) in [7, 11) is 0. The summed E-state index contributed by atoms with van der Waals surface area (Å²) in [6.07, 6.45) is 3.79. The van der Waals surface area contributed by atoms with Crippen LogP contribution in [0.4, 0.5) is 0 Å². The number of nitrogens with two attached hydrogens (primary N) is 2. The van der Waals surface area contributed by atoms with E-state index in [1.165, 1.54) is 0 Å². The zero-order valence-electron chi connectivity index (χ0n) is 7.83. The minimum Gasteiger partial charge on any atom is -0.395 e. The van der Waals surface area contributed by atoms with Crippen LogP contribution in [0.5, 0.6) is 0 Å². The molecule has 14 heavy (non-hydrogen) atoms. The topological polar surface area (TPSA) is 91.1 Å². The Hall–Kier alpha value is -0.950. The third-order valence-electron chi connectivity index (χ3n) is 1.67. The summed E-state index contributed by atoms with van der Waals surface area (Å²) in [5, 5.41) is 8.67. The molecule has 0 saturated carbocycles. The molecule has 0 atom stereocenters. The second-order valence-corrected chi connectivity index (χ2v) is 2.79. The van der Waals surface area contributed by atoms with Crippen LogP contribution in [0.15, 0.2) is 17.4 Å². The SMILES string of the molecule is Br.NC(N)=NCN1C=CN(CCO)C1. The summed E-state index contributed by atoms with van der Waals surface area (Å²) in [6.45, 7) is 1.97. The number of aliphatic hydroxyl groups excluding tert-OH is 1. The molecule has 1 heterocycles. The molecule has 0 bridgehead atoms. The Morgan fingerprint density at radius 3 is 2.57 bits per heavy atom. The van der Waals surface area contributed by atoms with Crippen LogP contribution in [0.2, 0.25) is 0 Å². The number of guanidine groups is 1. The first kappa shape index (κ1) is 13.1. The molecule has 6 nitrogen and oxygen atoms in total. The van der Waals surface area contributed by atoms with Crippen molar-refractivity contribution in [3.63, 3.8) is 0 Å². The van der Waals surface area contributed by atoms with Crippen molar-refractivity contribution in [1.82, 2.24) is 9.80 Å². The fourth-order valence-electron chi connectivity index (χ4n) is 1.05. The zero-order valence-corrected chi connectivity index (χ0v) is 9.55. The van der Waals surface area contributed by atoms with Crippen molar-refractivity contribution >= 4 is 22.9 Å². The lowest BCUT2D eigenvalue weighted by Crippen LogP contribution is -2.30.